The number of hydrogen-bond donors (Lipinski definition) is 1. The minimum Gasteiger partial charge on any atom is -0.339 e. The van der Waals surface area contributed by atoms with Gasteiger partial charge < -0.3 is 5.32 Å². The first-order valence-corrected chi connectivity index (χ1v) is 10.1. The van der Waals surface area contributed by atoms with Crippen LogP contribution in [-0.2, 0) is 0 Å². The predicted octanol–water partition coefficient (Wildman–Crippen LogP) is 7.48. The van der Waals surface area contributed by atoms with E-state index in [1.54, 1.807) is 23.7 Å². The van der Waals surface area contributed by atoms with Crippen LogP contribution in [0.15, 0.2) is 53.3 Å². The number of nitrogens with one attached hydrogen (secondary N) is 1. The lowest BCUT2D eigenvalue weighted by atomic mass is 10.0. The molecular formula is C19H12BrCl2N3S. The van der Waals surface area contributed by atoms with Gasteiger partial charge in [0.25, 0.3) is 0 Å². The van der Waals surface area contributed by atoms with Crippen LogP contribution in [0.4, 0.5) is 11.5 Å². The van der Waals surface area contributed by atoms with Crippen LogP contribution in [0, 0.1) is 6.92 Å². The van der Waals surface area contributed by atoms with Crippen molar-refractivity contribution >= 4 is 72.2 Å². The number of rotatable bonds is 3. The van der Waals surface area contributed by atoms with Crippen LogP contribution >= 0.6 is 50.5 Å². The van der Waals surface area contributed by atoms with Crippen LogP contribution < -0.4 is 5.32 Å². The fraction of sp³-hybridized carbons (Fsp3) is 0.0526. The fourth-order valence-electron chi connectivity index (χ4n) is 2.87. The van der Waals surface area contributed by atoms with E-state index in [-0.39, 0.29) is 0 Å². The number of nitrogens with zero attached hydrogens (tertiary/aromatic N) is 2. The van der Waals surface area contributed by atoms with Gasteiger partial charge in [0.2, 0.25) is 0 Å². The maximum atomic E-state index is 6.12. The van der Waals surface area contributed by atoms with Gasteiger partial charge in [0, 0.05) is 30.6 Å². The van der Waals surface area contributed by atoms with Gasteiger partial charge in [-0.1, -0.05) is 51.3 Å². The Morgan fingerprint density at radius 2 is 1.69 bits per heavy atom. The van der Waals surface area contributed by atoms with Gasteiger partial charge in [-0.25, -0.2) is 9.97 Å². The maximum Gasteiger partial charge on any atom is 0.143 e. The summed E-state index contributed by atoms with van der Waals surface area (Å²) in [6, 6.07) is 13.6. The molecule has 0 amide bonds. The summed E-state index contributed by atoms with van der Waals surface area (Å²) in [5, 5.41) is 5.47. The van der Waals surface area contributed by atoms with Crippen LogP contribution in [0.2, 0.25) is 10.0 Å². The fourth-order valence-corrected chi connectivity index (χ4v) is 4.67. The summed E-state index contributed by atoms with van der Waals surface area (Å²) in [7, 11) is 0. The summed E-state index contributed by atoms with van der Waals surface area (Å²) in [4.78, 5) is 11.0. The Labute approximate surface area is 173 Å². The highest BCUT2D eigenvalue weighted by molar-refractivity contribution is 9.10. The highest BCUT2D eigenvalue weighted by Gasteiger charge is 2.17. The zero-order valence-electron chi connectivity index (χ0n) is 13.6. The molecule has 0 spiro atoms. The third-order valence-electron chi connectivity index (χ3n) is 3.92. The van der Waals surface area contributed by atoms with E-state index in [0.717, 1.165) is 37.3 Å². The van der Waals surface area contributed by atoms with Crippen molar-refractivity contribution in [3.8, 4) is 11.1 Å². The van der Waals surface area contributed by atoms with E-state index in [1.165, 1.54) is 4.88 Å². The lowest BCUT2D eigenvalue weighted by Crippen LogP contribution is -1.96. The third-order valence-corrected chi connectivity index (χ3v) is 5.90. The zero-order valence-corrected chi connectivity index (χ0v) is 17.5. The molecule has 2 aromatic heterocycles. The number of benzene rings is 2. The van der Waals surface area contributed by atoms with E-state index >= 15 is 0 Å². The van der Waals surface area contributed by atoms with Gasteiger partial charge in [-0.2, -0.15) is 0 Å². The van der Waals surface area contributed by atoms with Gasteiger partial charge in [-0.05, 0) is 42.8 Å². The molecule has 0 aliphatic heterocycles. The van der Waals surface area contributed by atoms with Crippen LogP contribution in [0.3, 0.4) is 0 Å². The summed E-state index contributed by atoms with van der Waals surface area (Å²) in [5.74, 6) is 0.732. The second kappa shape index (κ2) is 7.16. The van der Waals surface area contributed by atoms with Gasteiger partial charge in [-0.3, -0.25) is 0 Å². The van der Waals surface area contributed by atoms with Crippen molar-refractivity contribution in [2.45, 2.75) is 6.92 Å². The Kier molecular flexibility index (Phi) is 4.88. The normalized spacial score (nSPS) is 11.1. The van der Waals surface area contributed by atoms with E-state index in [4.69, 9.17) is 23.2 Å². The molecule has 0 unspecified atom stereocenters. The quantitative estimate of drug-likeness (QED) is 0.341. The van der Waals surface area contributed by atoms with Crippen LogP contribution in [0.25, 0.3) is 21.3 Å². The van der Waals surface area contributed by atoms with Gasteiger partial charge in [0.05, 0.1) is 5.39 Å². The van der Waals surface area contributed by atoms with Gasteiger partial charge in [0.15, 0.2) is 0 Å². The van der Waals surface area contributed by atoms with Gasteiger partial charge in [-0.15, -0.1) is 11.3 Å². The van der Waals surface area contributed by atoms with E-state index in [9.17, 15) is 0 Å². The van der Waals surface area contributed by atoms with E-state index in [1.807, 2.05) is 24.3 Å². The highest BCUT2D eigenvalue weighted by atomic mass is 79.9. The smallest absolute Gasteiger partial charge is 0.143 e. The Bertz CT molecular complexity index is 1090. The molecule has 0 radical (unpaired) electrons. The Morgan fingerprint density at radius 1 is 1.00 bits per heavy atom. The predicted molar refractivity (Wildman–Crippen MR) is 115 cm³/mol. The van der Waals surface area contributed by atoms with Crippen molar-refractivity contribution in [2.24, 2.45) is 0 Å². The second-order valence-corrected chi connectivity index (χ2v) is 8.72. The number of anilines is 2. The molecule has 0 saturated heterocycles. The molecule has 26 heavy (non-hydrogen) atoms. The molecule has 0 fully saturated rings. The summed E-state index contributed by atoms with van der Waals surface area (Å²) >= 11 is 17.4. The van der Waals surface area contributed by atoms with E-state index in [0.29, 0.717) is 10.0 Å². The summed E-state index contributed by atoms with van der Waals surface area (Å²) in [6.07, 6.45) is 1.57. The minimum absolute atomic E-state index is 0.569. The topological polar surface area (TPSA) is 37.8 Å². The molecule has 0 aliphatic carbocycles. The first kappa shape index (κ1) is 17.7. The van der Waals surface area contributed by atoms with E-state index in [2.05, 4.69) is 50.3 Å². The third kappa shape index (κ3) is 3.45. The van der Waals surface area contributed by atoms with E-state index < -0.39 is 0 Å². The number of aromatic nitrogens is 2. The molecule has 2 heterocycles. The number of aryl methyl sites for hydroxylation is 1. The maximum absolute atomic E-state index is 6.12. The lowest BCUT2D eigenvalue weighted by molar-refractivity contribution is 1.23. The first-order chi connectivity index (χ1) is 12.5. The van der Waals surface area contributed by atoms with Crippen LogP contribution in [0.1, 0.15) is 4.88 Å². The largest absolute Gasteiger partial charge is 0.339 e. The molecule has 0 saturated carbocycles. The van der Waals surface area contributed by atoms with Crippen LogP contribution in [-0.4, -0.2) is 9.97 Å². The average Bonchev–Trinajstić information content (AvgIpc) is 2.92. The summed E-state index contributed by atoms with van der Waals surface area (Å²) in [5.41, 5.74) is 3.04. The van der Waals surface area contributed by atoms with Crippen molar-refractivity contribution in [3.63, 3.8) is 0 Å². The summed E-state index contributed by atoms with van der Waals surface area (Å²) in [6.45, 7) is 2.10. The molecule has 3 nitrogen and oxygen atoms in total. The molecular weight excluding hydrogens is 453 g/mol. The standard InChI is InChI=1S/C19H12BrCl2N3S/c1-10-16(11-2-4-12(20)5-3-11)17-18(23-9-24-19(17)26-10)25-15-7-13(21)6-14(22)8-15/h2-9H,1H3,(H,23,24,25). The van der Waals surface area contributed by atoms with Crippen molar-refractivity contribution in [1.82, 2.24) is 9.97 Å². The van der Waals surface area contributed by atoms with Crippen molar-refractivity contribution in [3.05, 3.63) is 68.2 Å². The SMILES string of the molecule is Cc1sc2ncnc(Nc3cc(Cl)cc(Cl)c3)c2c1-c1ccc(Br)cc1. The molecule has 130 valence electrons. The van der Waals surface area contributed by atoms with Crippen molar-refractivity contribution in [1.29, 1.82) is 0 Å². The summed E-state index contributed by atoms with van der Waals surface area (Å²) < 4.78 is 1.04. The highest BCUT2D eigenvalue weighted by Crippen LogP contribution is 2.41. The Morgan fingerprint density at radius 3 is 2.38 bits per heavy atom. The minimum atomic E-state index is 0.569. The molecule has 2 aromatic carbocycles. The molecule has 1 N–H and O–H groups in total. The van der Waals surface area contributed by atoms with Crippen molar-refractivity contribution in [2.75, 3.05) is 5.32 Å². The number of halogens is 3. The Hall–Kier alpha value is -1.66. The van der Waals surface area contributed by atoms with Crippen LogP contribution in [0.5, 0.6) is 0 Å². The molecule has 0 atom stereocenters. The molecule has 7 heteroatoms. The monoisotopic (exact) mass is 463 g/mol. The molecule has 4 aromatic rings. The number of thiophene rings is 1. The first-order valence-electron chi connectivity index (χ1n) is 7.74. The second-order valence-electron chi connectivity index (χ2n) is 5.73. The number of fused-ring (bicyclic) bond motifs is 1. The molecule has 4 rings (SSSR count). The number of hydrogen-bond acceptors (Lipinski definition) is 4. The zero-order chi connectivity index (χ0) is 18.3. The van der Waals surface area contributed by atoms with Gasteiger partial charge in [0.1, 0.15) is 17.0 Å². The molecule has 0 aliphatic rings. The Balaban J connectivity index is 1.89. The van der Waals surface area contributed by atoms with Gasteiger partial charge >= 0.3 is 0 Å². The molecule has 0 bridgehead atoms. The lowest BCUT2D eigenvalue weighted by Gasteiger charge is -2.10. The average molecular weight is 465 g/mol. The van der Waals surface area contributed by atoms with Crippen molar-refractivity contribution < 1.29 is 0 Å².